The summed E-state index contributed by atoms with van der Waals surface area (Å²) in [6, 6.07) is 1.40. The second kappa shape index (κ2) is 5.35. The van der Waals surface area contributed by atoms with Gasteiger partial charge in [0.1, 0.15) is 5.69 Å². The van der Waals surface area contributed by atoms with Crippen LogP contribution in [-0.2, 0) is 11.3 Å². The standard InChI is InChI=1S/C13H19NO4/c1-5-18-13(3,4)8-14-7-10(9(2)15)6-11(14)12(16)17/h6-7H,5,8H2,1-4H3,(H,16,17). The highest BCUT2D eigenvalue weighted by atomic mass is 16.5. The van der Waals surface area contributed by atoms with Crippen LogP contribution in [0.25, 0.3) is 0 Å². The molecule has 5 nitrogen and oxygen atoms in total. The third-order valence-electron chi connectivity index (χ3n) is 2.61. The lowest BCUT2D eigenvalue weighted by atomic mass is 10.1. The van der Waals surface area contributed by atoms with E-state index in [4.69, 9.17) is 9.84 Å². The minimum Gasteiger partial charge on any atom is -0.477 e. The van der Waals surface area contributed by atoms with E-state index in [-0.39, 0.29) is 11.5 Å². The van der Waals surface area contributed by atoms with E-state index < -0.39 is 11.6 Å². The Labute approximate surface area is 106 Å². The SMILES string of the molecule is CCOC(C)(C)Cn1cc(C(C)=O)cc1C(=O)O. The maximum Gasteiger partial charge on any atom is 0.352 e. The predicted octanol–water partition coefficient (Wildman–Crippen LogP) is 2.20. The minimum atomic E-state index is -1.05. The summed E-state index contributed by atoms with van der Waals surface area (Å²) in [4.78, 5) is 22.4. The summed E-state index contributed by atoms with van der Waals surface area (Å²) in [6.07, 6.45) is 1.56. The van der Waals surface area contributed by atoms with Crippen molar-refractivity contribution in [3.63, 3.8) is 0 Å². The number of carboxylic acid groups (broad SMARTS) is 1. The molecule has 0 saturated carbocycles. The van der Waals surface area contributed by atoms with Crippen LogP contribution in [-0.4, -0.2) is 33.6 Å². The number of rotatable bonds is 6. The molecule has 18 heavy (non-hydrogen) atoms. The predicted molar refractivity (Wildman–Crippen MR) is 67.1 cm³/mol. The molecule has 0 spiro atoms. The van der Waals surface area contributed by atoms with Gasteiger partial charge in [0, 0.05) is 18.4 Å². The van der Waals surface area contributed by atoms with E-state index in [2.05, 4.69) is 0 Å². The Hall–Kier alpha value is -1.62. The van der Waals surface area contributed by atoms with E-state index >= 15 is 0 Å². The molecule has 0 bridgehead atoms. The first kappa shape index (κ1) is 14.4. The highest BCUT2D eigenvalue weighted by Crippen LogP contribution is 2.17. The summed E-state index contributed by atoms with van der Waals surface area (Å²) < 4.78 is 7.09. The van der Waals surface area contributed by atoms with Crippen molar-refractivity contribution in [1.82, 2.24) is 4.57 Å². The molecule has 1 heterocycles. The summed E-state index contributed by atoms with van der Waals surface area (Å²) in [5, 5.41) is 9.11. The summed E-state index contributed by atoms with van der Waals surface area (Å²) in [6.45, 7) is 8.01. The van der Waals surface area contributed by atoms with Crippen LogP contribution in [0.15, 0.2) is 12.3 Å². The molecular weight excluding hydrogens is 234 g/mol. The van der Waals surface area contributed by atoms with Crippen molar-refractivity contribution in [2.45, 2.75) is 39.8 Å². The van der Waals surface area contributed by atoms with Gasteiger partial charge in [0.15, 0.2) is 5.78 Å². The first-order valence-electron chi connectivity index (χ1n) is 5.85. The number of carbonyl (C=O) groups is 2. The van der Waals surface area contributed by atoms with Gasteiger partial charge in [0.2, 0.25) is 0 Å². The maximum absolute atomic E-state index is 11.3. The highest BCUT2D eigenvalue weighted by Gasteiger charge is 2.23. The normalized spacial score (nSPS) is 11.6. The zero-order valence-electron chi connectivity index (χ0n) is 11.2. The lowest BCUT2D eigenvalue weighted by Crippen LogP contribution is -2.31. The molecule has 100 valence electrons. The quantitative estimate of drug-likeness (QED) is 0.789. The number of aromatic carboxylic acids is 1. The third kappa shape index (κ3) is 3.43. The summed E-state index contributed by atoms with van der Waals surface area (Å²) in [5.41, 5.74) is 0.0270. The fraction of sp³-hybridized carbons (Fsp3) is 0.538. The molecular formula is C13H19NO4. The van der Waals surface area contributed by atoms with Gasteiger partial charge in [-0.05, 0) is 33.8 Å². The molecule has 5 heteroatoms. The van der Waals surface area contributed by atoms with E-state index in [0.717, 1.165) is 0 Å². The van der Waals surface area contributed by atoms with Crippen LogP contribution in [0, 0.1) is 0 Å². The van der Waals surface area contributed by atoms with Crippen LogP contribution in [0.1, 0.15) is 48.5 Å². The minimum absolute atomic E-state index is 0.105. The fourth-order valence-electron chi connectivity index (χ4n) is 1.86. The smallest absolute Gasteiger partial charge is 0.352 e. The van der Waals surface area contributed by atoms with Crippen LogP contribution in [0.5, 0.6) is 0 Å². The van der Waals surface area contributed by atoms with Crippen LogP contribution in [0.3, 0.4) is 0 Å². The average Bonchev–Trinajstić information content (AvgIpc) is 2.60. The van der Waals surface area contributed by atoms with Gasteiger partial charge >= 0.3 is 5.97 Å². The number of carbonyl (C=O) groups excluding carboxylic acids is 1. The Morgan fingerprint density at radius 2 is 2.06 bits per heavy atom. The van der Waals surface area contributed by atoms with E-state index in [9.17, 15) is 9.59 Å². The molecule has 0 aliphatic heterocycles. The molecule has 1 rings (SSSR count). The molecule has 1 aromatic heterocycles. The number of nitrogens with zero attached hydrogens (tertiary/aromatic N) is 1. The molecule has 0 aliphatic carbocycles. The lowest BCUT2D eigenvalue weighted by Gasteiger charge is -2.25. The van der Waals surface area contributed by atoms with Gasteiger partial charge in [-0.3, -0.25) is 4.79 Å². The van der Waals surface area contributed by atoms with Crippen molar-refractivity contribution in [1.29, 1.82) is 0 Å². The van der Waals surface area contributed by atoms with Crippen LogP contribution in [0.2, 0.25) is 0 Å². The molecule has 1 aromatic rings. The van der Waals surface area contributed by atoms with E-state index in [1.54, 1.807) is 10.8 Å². The topological polar surface area (TPSA) is 68.5 Å². The van der Waals surface area contributed by atoms with Crippen molar-refractivity contribution in [3.05, 3.63) is 23.5 Å². The Morgan fingerprint density at radius 3 is 2.50 bits per heavy atom. The van der Waals surface area contributed by atoms with Crippen molar-refractivity contribution >= 4 is 11.8 Å². The molecule has 1 N–H and O–H groups in total. The molecule has 0 amide bonds. The first-order chi connectivity index (χ1) is 8.26. The fourth-order valence-corrected chi connectivity index (χ4v) is 1.86. The van der Waals surface area contributed by atoms with Gasteiger partial charge < -0.3 is 14.4 Å². The number of carboxylic acids is 1. The molecule has 0 saturated heterocycles. The Kier molecular flexibility index (Phi) is 4.29. The van der Waals surface area contributed by atoms with Gasteiger partial charge in [-0.25, -0.2) is 4.79 Å². The van der Waals surface area contributed by atoms with Gasteiger partial charge in [0.05, 0.1) is 12.1 Å². The number of hydrogen-bond acceptors (Lipinski definition) is 3. The molecule has 0 fully saturated rings. The average molecular weight is 253 g/mol. The van der Waals surface area contributed by atoms with Crippen molar-refractivity contribution in [3.8, 4) is 0 Å². The van der Waals surface area contributed by atoms with Gasteiger partial charge in [0.25, 0.3) is 0 Å². The first-order valence-corrected chi connectivity index (χ1v) is 5.85. The van der Waals surface area contributed by atoms with Gasteiger partial charge in [-0.2, -0.15) is 0 Å². The molecule has 0 atom stereocenters. The summed E-state index contributed by atoms with van der Waals surface area (Å²) in [7, 11) is 0. The zero-order valence-corrected chi connectivity index (χ0v) is 11.2. The van der Waals surface area contributed by atoms with E-state index in [1.807, 2.05) is 20.8 Å². The van der Waals surface area contributed by atoms with Crippen molar-refractivity contribution in [2.24, 2.45) is 0 Å². The third-order valence-corrected chi connectivity index (χ3v) is 2.61. The molecule has 0 aromatic carbocycles. The monoisotopic (exact) mass is 253 g/mol. The lowest BCUT2D eigenvalue weighted by molar-refractivity contribution is -0.0228. The largest absolute Gasteiger partial charge is 0.477 e. The van der Waals surface area contributed by atoms with Crippen molar-refractivity contribution in [2.75, 3.05) is 6.61 Å². The highest BCUT2D eigenvalue weighted by molar-refractivity contribution is 5.97. The Bertz CT molecular complexity index is 460. The number of ether oxygens (including phenoxy) is 1. The second-order valence-electron chi connectivity index (χ2n) is 4.80. The molecule has 0 unspecified atom stereocenters. The van der Waals surface area contributed by atoms with Gasteiger partial charge in [-0.15, -0.1) is 0 Å². The van der Waals surface area contributed by atoms with Crippen molar-refractivity contribution < 1.29 is 19.4 Å². The van der Waals surface area contributed by atoms with Crippen LogP contribution >= 0.6 is 0 Å². The van der Waals surface area contributed by atoms with Crippen LogP contribution in [0.4, 0.5) is 0 Å². The number of hydrogen-bond donors (Lipinski definition) is 1. The maximum atomic E-state index is 11.3. The number of aromatic nitrogens is 1. The van der Waals surface area contributed by atoms with E-state index in [1.165, 1.54) is 13.0 Å². The summed E-state index contributed by atoms with van der Waals surface area (Å²) >= 11 is 0. The van der Waals surface area contributed by atoms with Crippen LogP contribution < -0.4 is 0 Å². The zero-order chi connectivity index (χ0) is 13.9. The molecule has 0 radical (unpaired) electrons. The number of ketones is 1. The Morgan fingerprint density at radius 1 is 1.44 bits per heavy atom. The molecule has 0 aliphatic rings. The second-order valence-corrected chi connectivity index (χ2v) is 4.80. The Balaban J connectivity index is 3.07. The van der Waals surface area contributed by atoms with Gasteiger partial charge in [-0.1, -0.05) is 0 Å². The summed E-state index contributed by atoms with van der Waals surface area (Å²) in [5.74, 6) is -1.19. The number of Topliss-reactive ketones (excluding diaryl/α,β-unsaturated/α-hetero) is 1. The van der Waals surface area contributed by atoms with E-state index in [0.29, 0.717) is 18.7 Å².